The Bertz CT molecular complexity index is 697. The average molecular weight is 237 g/mol. The number of furan rings is 1. The summed E-state index contributed by atoms with van der Waals surface area (Å²) in [4.78, 5) is 0. The molecule has 2 nitrogen and oxygen atoms in total. The molecule has 0 atom stereocenters. The van der Waals surface area contributed by atoms with E-state index in [1.807, 2.05) is 36.4 Å². The van der Waals surface area contributed by atoms with Gasteiger partial charge in [0.25, 0.3) is 0 Å². The topological polar surface area (TPSA) is 39.2 Å². The summed E-state index contributed by atoms with van der Waals surface area (Å²) in [5.74, 6) is 1.02. The first-order valence-corrected chi connectivity index (χ1v) is 6.16. The number of anilines is 1. The molecular formula is C16H15NO. The van der Waals surface area contributed by atoms with Gasteiger partial charge < -0.3 is 10.2 Å². The van der Waals surface area contributed by atoms with E-state index in [0.29, 0.717) is 0 Å². The first kappa shape index (κ1) is 10.9. The van der Waals surface area contributed by atoms with Crippen molar-refractivity contribution < 1.29 is 4.42 Å². The molecule has 0 aliphatic carbocycles. The van der Waals surface area contributed by atoms with Gasteiger partial charge in [-0.2, -0.15) is 0 Å². The largest absolute Gasteiger partial charge is 0.460 e. The third-order valence-corrected chi connectivity index (χ3v) is 3.16. The average Bonchev–Trinajstić information content (AvgIpc) is 2.77. The van der Waals surface area contributed by atoms with E-state index < -0.39 is 0 Å². The normalized spacial score (nSPS) is 10.9. The van der Waals surface area contributed by atoms with Gasteiger partial charge in [0.2, 0.25) is 0 Å². The van der Waals surface area contributed by atoms with Crippen LogP contribution >= 0.6 is 0 Å². The van der Waals surface area contributed by atoms with Crippen molar-refractivity contribution in [2.75, 3.05) is 5.73 Å². The highest BCUT2D eigenvalue weighted by Gasteiger charge is 2.14. The number of hydrogen-bond acceptors (Lipinski definition) is 2. The van der Waals surface area contributed by atoms with Crippen molar-refractivity contribution in [3.63, 3.8) is 0 Å². The molecule has 0 radical (unpaired) electrons. The van der Waals surface area contributed by atoms with Gasteiger partial charge in [-0.1, -0.05) is 37.3 Å². The van der Waals surface area contributed by atoms with E-state index in [-0.39, 0.29) is 0 Å². The van der Waals surface area contributed by atoms with Crippen LogP contribution in [-0.2, 0) is 6.42 Å². The third kappa shape index (κ3) is 1.66. The number of nitrogen functional groups attached to an aromatic ring is 1. The van der Waals surface area contributed by atoms with Crippen molar-refractivity contribution in [3.8, 4) is 11.1 Å². The van der Waals surface area contributed by atoms with Gasteiger partial charge in [-0.25, -0.2) is 0 Å². The first-order valence-electron chi connectivity index (χ1n) is 6.16. The molecule has 0 unspecified atom stereocenters. The Morgan fingerprint density at radius 1 is 1.06 bits per heavy atom. The summed E-state index contributed by atoms with van der Waals surface area (Å²) in [7, 11) is 0. The molecule has 3 aromatic rings. The standard InChI is InChI=1S/C16H15NO/c1-2-14-16(11-6-5-7-12(17)10-11)13-8-3-4-9-15(13)18-14/h3-10H,2,17H2,1H3. The zero-order chi connectivity index (χ0) is 12.5. The maximum Gasteiger partial charge on any atom is 0.134 e. The number of para-hydroxylation sites is 1. The fraction of sp³-hybridized carbons (Fsp3) is 0.125. The number of fused-ring (bicyclic) bond motifs is 1. The molecule has 3 rings (SSSR count). The molecule has 2 heteroatoms. The monoisotopic (exact) mass is 237 g/mol. The van der Waals surface area contributed by atoms with Crippen LogP contribution in [0.4, 0.5) is 5.69 Å². The van der Waals surface area contributed by atoms with Gasteiger partial charge in [0.15, 0.2) is 0 Å². The molecule has 1 heterocycles. The van der Waals surface area contributed by atoms with E-state index in [2.05, 4.69) is 19.1 Å². The molecule has 0 saturated carbocycles. The molecule has 2 aromatic carbocycles. The van der Waals surface area contributed by atoms with Crippen molar-refractivity contribution in [3.05, 3.63) is 54.3 Å². The van der Waals surface area contributed by atoms with Crippen LogP contribution < -0.4 is 5.73 Å². The highest BCUT2D eigenvalue weighted by molar-refractivity contribution is 5.96. The second-order valence-electron chi connectivity index (χ2n) is 4.38. The predicted octanol–water partition coefficient (Wildman–Crippen LogP) is 4.24. The molecule has 0 aliphatic heterocycles. The van der Waals surface area contributed by atoms with E-state index in [9.17, 15) is 0 Å². The van der Waals surface area contributed by atoms with E-state index in [4.69, 9.17) is 10.2 Å². The lowest BCUT2D eigenvalue weighted by molar-refractivity contribution is 0.558. The first-order chi connectivity index (χ1) is 8.79. The summed E-state index contributed by atoms with van der Waals surface area (Å²) in [5, 5.41) is 1.15. The van der Waals surface area contributed by atoms with Gasteiger partial charge in [0.05, 0.1) is 0 Å². The van der Waals surface area contributed by atoms with Crippen molar-refractivity contribution in [2.45, 2.75) is 13.3 Å². The fourth-order valence-corrected chi connectivity index (χ4v) is 2.36. The maximum absolute atomic E-state index is 5.90. The Labute approximate surface area is 106 Å². The molecule has 0 aliphatic rings. The number of hydrogen-bond donors (Lipinski definition) is 1. The lowest BCUT2D eigenvalue weighted by atomic mass is 10.0. The minimum absolute atomic E-state index is 0.778. The Hall–Kier alpha value is -2.22. The summed E-state index contributed by atoms with van der Waals surface area (Å²) in [6.07, 6.45) is 0.874. The van der Waals surface area contributed by atoms with Crippen molar-refractivity contribution in [1.29, 1.82) is 0 Å². The van der Waals surface area contributed by atoms with Gasteiger partial charge in [0.1, 0.15) is 11.3 Å². The van der Waals surface area contributed by atoms with Gasteiger partial charge in [-0.3, -0.25) is 0 Å². The SMILES string of the molecule is CCc1oc2ccccc2c1-c1cccc(N)c1. The van der Waals surface area contributed by atoms with Crippen molar-refractivity contribution >= 4 is 16.7 Å². The van der Waals surface area contributed by atoms with Gasteiger partial charge >= 0.3 is 0 Å². The summed E-state index contributed by atoms with van der Waals surface area (Å²) >= 11 is 0. The van der Waals surface area contributed by atoms with Crippen molar-refractivity contribution in [1.82, 2.24) is 0 Å². The maximum atomic E-state index is 5.90. The second kappa shape index (κ2) is 4.22. The predicted molar refractivity (Wildman–Crippen MR) is 75.4 cm³/mol. The zero-order valence-electron chi connectivity index (χ0n) is 10.3. The van der Waals surface area contributed by atoms with Gasteiger partial charge in [-0.05, 0) is 23.8 Å². The lowest BCUT2D eigenvalue weighted by Gasteiger charge is -2.03. The molecule has 0 amide bonds. The molecule has 0 fully saturated rings. The minimum Gasteiger partial charge on any atom is -0.460 e. The van der Waals surface area contributed by atoms with Gasteiger partial charge in [0, 0.05) is 23.1 Å². The minimum atomic E-state index is 0.778. The van der Waals surface area contributed by atoms with Crippen LogP contribution in [0.3, 0.4) is 0 Å². The van der Waals surface area contributed by atoms with E-state index in [0.717, 1.165) is 34.4 Å². The van der Waals surface area contributed by atoms with E-state index in [1.165, 1.54) is 5.56 Å². The van der Waals surface area contributed by atoms with Crippen LogP contribution in [0.15, 0.2) is 52.9 Å². The quantitative estimate of drug-likeness (QED) is 0.677. The molecular weight excluding hydrogens is 222 g/mol. The number of aryl methyl sites for hydroxylation is 1. The molecule has 0 bridgehead atoms. The van der Waals surface area contributed by atoms with Crippen LogP contribution in [0.5, 0.6) is 0 Å². The molecule has 2 N–H and O–H groups in total. The van der Waals surface area contributed by atoms with Gasteiger partial charge in [-0.15, -0.1) is 0 Å². The Morgan fingerprint density at radius 2 is 1.89 bits per heavy atom. The summed E-state index contributed by atoms with van der Waals surface area (Å²) in [5.41, 5.74) is 9.87. The third-order valence-electron chi connectivity index (χ3n) is 3.16. The van der Waals surface area contributed by atoms with E-state index >= 15 is 0 Å². The smallest absolute Gasteiger partial charge is 0.134 e. The fourth-order valence-electron chi connectivity index (χ4n) is 2.36. The number of benzene rings is 2. The van der Waals surface area contributed by atoms with E-state index in [1.54, 1.807) is 0 Å². The highest BCUT2D eigenvalue weighted by Crippen LogP contribution is 2.35. The zero-order valence-corrected chi connectivity index (χ0v) is 10.3. The Morgan fingerprint density at radius 3 is 2.67 bits per heavy atom. The molecule has 90 valence electrons. The summed E-state index contributed by atoms with van der Waals surface area (Å²) in [6, 6.07) is 16.1. The molecule has 1 aromatic heterocycles. The van der Waals surface area contributed by atoms with Crippen LogP contribution in [0.25, 0.3) is 22.1 Å². The molecule has 0 saturated heterocycles. The van der Waals surface area contributed by atoms with Crippen LogP contribution in [0, 0.1) is 0 Å². The second-order valence-corrected chi connectivity index (χ2v) is 4.38. The van der Waals surface area contributed by atoms with Crippen molar-refractivity contribution in [2.24, 2.45) is 0 Å². The van der Waals surface area contributed by atoms with Crippen LogP contribution in [0.1, 0.15) is 12.7 Å². The summed E-state index contributed by atoms with van der Waals surface area (Å²) < 4.78 is 5.90. The Kier molecular flexibility index (Phi) is 2.56. The summed E-state index contributed by atoms with van der Waals surface area (Å²) in [6.45, 7) is 2.10. The Balaban J connectivity index is 2.33. The number of nitrogens with two attached hydrogens (primary N) is 1. The van der Waals surface area contributed by atoms with Crippen LogP contribution in [-0.4, -0.2) is 0 Å². The number of rotatable bonds is 2. The lowest BCUT2D eigenvalue weighted by Crippen LogP contribution is -1.87. The van der Waals surface area contributed by atoms with Crippen LogP contribution in [0.2, 0.25) is 0 Å². The molecule has 0 spiro atoms. The molecule has 18 heavy (non-hydrogen) atoms. The highest BCUT2D eigenvalue weighted by atomic mass is 16.3.